The zero-order valence-corrected chi connectivity index (χ0v) is 15.1. The first-order chi connectivity index (χ1) is 13.1. The van der Waals surface area contributed by atoms with Crippen molar-refractivity contribution in [2.45, 2.75) is 31.5 Å². The first-order valence-corrected chi connectivity index (χ1v) is 8.62. The van der Waals surface area contributed by atoms with Crippen molar-refractivity contribution < 1.29 is 22.4 Å². The molecule has 1 atom stereocenters. The van der Waals surface area contributed by atoms with Crippen LogP contribution >= 0.6 is 0 Å². The predicted octanol–water partition coefficient (Wildman–Crippen LogP) is 5.06. The van der Waals surface area contributed by atoms with Crippen LogP contribution < -0.4 is 5.32 Å². The summed E-state index contributed by atoms with van der Waals surface area (Å²) in [6, 6.07) is 13.9. The number of alkyl halides is 3. The molecule has 0 saturated carbocycles. The summed E-state index contributed by atoms with van der Waals surface area (Å²) in [6.45, 7) is 1.33. The first kappa shape index (κ1) is 19.8. The van der Waals surface area contributed by atoms with Crippen LogP contribution in [-0.2, 0) is 6.42 Å². The summed E-state index contributed by atoms with van der Waals surface area (Å²) >= 11 is 0. The minimum Gasteiger partial charge on any atom is -0.346 e. The SMILES string of the molecule is CC(Cc1ccc(F)cc1)(CC(F)(F)F)NC(=O)c1cnc2ccccc2c1. The van der Waals surface area contributed by atoms with Gasteiger partial charge in [0, 0.05) is 11.6 Å². The topological polar surface area (TPSA) is 42.0 Å². The number of carbonyl (C=O) groups excluding carboxylic acids is 1. The number of rotatable bonds is 5. The molecule has 3 rings (SSSR count). The second kappa shape index (κ2) is 7.58. The van der Waals surface area contributed by atoms with Crippen LogP contribution in [0.5, 0.6) is 0 Å². The van der Waals surface area contributed by atoms with E-state index in [0.717, 1.165) is 0 Å². The van der Waals surface area contributed by atoms with Crippen molar-refractivity contribution in [1.82, 2.24) is 10.3 Å². The molecule has 0 saturated heterocycles. The Morgan fingerprint density at radius 1 is 1.07 bits per heavy atom. The average molecular weight is 390 g/mol. The van der Waals surface area contributed by atoms with E-state index >= 15 is 0 Å². The number of halogens is 4. The van der Waals surface area contributed by atoms with E-state index in [0.29, 0.717) is 16.5 Å². The molecule has 3 nitrogen and oxygen atoms in total. The summed E-state index contributed by atoms with van der Waals surface area (Å²) in [5.41, 5.74) is -0.251. The summed E-state index contributed by atoms with van der Waals surface area (Å²) in [6.07, 6.45) is -4.46. The molecule has 0 fully saturated rings. The number of hydrogen-bond donors (Lipinski definition) is 1. The third-order valence-electron chi connectivity index (χ3n) is 4.37. The summed E-state index contributed by atoms with van der Waals surface area (Å²) in [4.78, 5) is 16.8. The van der Waals surface area contributed by atoms with Crippen molar-refractivity contribution in [2.24, 2.45) is 0 Å². The van der Waals surface area contributed by atoms with Crippen molar-refractivity contribution in [3.63, 3.8) is 0 Å². The summed E-state index contributed by atoms with van der Waals surface area (Å²) in [7, 11) is 0. The molecule has 0 spiro atoms. The number of amides is 1. The normalized spacial score (nSPS) is 13.9. The molecule has 1 aromatic heterocycles. The molecule has 3 aromatic rings. The Labute approximate surface area is 159 Å². The molecule has 0 aliphatic heterocycles. The van der Waals surface area contributed by atoms with E-state index in [1.54, 1.807) is 30.3 Å². The molecule has 1 heterocycles. The largest absolute Gasteiger partial charge is 0.391 e. The second-order valence-electron chi connectivity index (χ2n) is 7.03. The van der Waals surface area contributed by atoms with E-state index in [9.17, 15) is 22.4 Å². The number of benzene rings is 2. The summed E-state index contributed by atoms with van der Waals surface area (Å²) in [5, 5.41) is 3.22. The van der Waals surface area contributed by atoms with Gasteiger partial charge in [0.25, 0.3) is 5.91 Å². The van der Waals surface area contributed by atoms with Crippen LogP contribution in [-0.4, -0.2) is 22.6 Å². The lowest BCUT2D eigenvalue weighted by molar-refractivity contribution is -0.147. The van der Waals surface area contributed by atoms with Gasteiger partial charge in [-0.2, -0.15) is 13.2 Å². The lowest BCUT2D eigenvalue weighted by Gasteiger charge is -2.32. The highest BCUT2D eigenvalue weighted by Gasteiger charge is 2.40. The Bertz CT molecular complexity index is 986. The van der Waals surface area contributed by atoms with E-state index in [-0.39, 0.29) is 12.0 Å². The van der Waals surface area contributed by atoms with E-state index in [1.165, 1.54) is 37.4 Å². The molecule has 28 heavy (non-hydrogen) atoms. The Balaban J connectivity index is 1.86. The molecular formula is C21H18F4N2O. The third kappa shape index (κ3) is 5.06. The summed E-state index contributed by atoms with van der Waals surface area (Å²) in [5.74, 6) is -1.13. The van der Waals surface area contributed by atoms with Gasteiger partial charge in [0.1, 0.15) is 5.82 Å². The van der Waals surface area contributed by atoms with Crippen LogP contribution in [0, 0.1) is 5.82 Å². The number of nitrogens with one attached hydrogen (secondary N) is 1. The molecule has 1 unspecified atom stereocenters. The van der Waals surface area contributed by atoms with Crippen molar-refractivity contribution >= 4 is 16.8 Å². The molecule has 7 heteroatoms. The minimum absolute atomic E-state index is 0.0977. The average Bonchev–Trinajstić information content (AvgIpc) is 2.61. The molecule has 0 aliphatic carbocycles. The fraction of sp³-hybridized carbons (Fsp3) is 0.238. The highest BCUT2D eigenvalue weighted by atomic mass is 19.4. The van der Waals surface area contributed by atoms with Crippen molar-refractivity contribution in [3.05, 3.63) is 77.7 Å². The number of carbonyl (C=O) groups is 1. The Morgan fingerprint density at radius 3 is 2.43 bits per heavy atom. The number of aromatic nitrogens is 1. The van der Waals surface area contributed by atoms with Crippen LogP contribution in [0.4, 0.5) is 17.6 Å². The van der Waals surface area contributed by atoms with Crippen LogP contribution in [0.3, 0.4) is 0 Å². The van der Waals surface area contributed by atoms with Gasteiger partial charge in [0.05, 0.1) is 23.0 Å². The van der Waals surface area contributed by atoms with Gasteiger partial charge in [-0.25, -0.2) is 4.39 Å². The molecule has 1 amide bonds. The molecule has 0 bridgehead atoms. The van der Waals surface area contributed by atoms with Crippen LogP contribution in [0.15, 0.2) is 60.8 Å². The molecule has 1 N–H and O–H groups in total. The Hall–Kier alpha value is -2.96. The highest BCUT2D eigenvalue weighted by molar-refractivity contribution is 5.97. The number of nitrogens with zero attached hydrogens (tertiary/aromatic N) is 1. The summed E-state index contributed by atoms with van der Waals surface area (Å²) < 4.78 is 52.6. The quantitative estimate of drug-likeness (QED) is 0.619. The number of fused-ring (bicyclic) bond motifs is 1. The third-order valence-corrected chi connectivity index (χ3v) is 4.37. The Kier molecular flexibility index (Phi) is 5.36. The van der Waals surface area contributed by atoms with Crippen molar-refractivity contribution in [2.75, 3.05) is 0 Å². The Morgan fingerprint density at radius 2 is 1.75 bits per heavy atom. The van der Waals surface area contributed by atoms with Crippen LogP contribution in [0.1, 0.15) is 29.3 Å². The monoisotopic (exact) mass is 390 g/mol. The lowest BCUT2D eigenvalue weighted by atomic mass is 9.88. The van der Waals surface area contributed by atoms with E-state index in [2.05, 4.69) is 10.3 Å². The smallest absolute Gasteiger partial charge is 0.346 e. The second-order valence-corrected chi connectivity index (χ2v) is 7.03. The maximum absolute atomic E-state index is 13.2. The standard InChI is InChI=1S/C21H18F4N2O/c1-20(13-21(23,24)25,11-14-6-8-17(22)9-7-14)27-19(28)16-10-15-4-2-3-5-18(15)26-12-16/h2-10,12H,11,13H2,1H3,(H,27,28). The van der Waals surface area contributed by atoms with Gasteiger partial charge in [0.15, 0.2) is 0 Å². The van der Waals surface area contributed by atoms with Crippen LogP contribution in [0.2, 0.25) is 0 Å². The lowest BCUT2D eigenvalue weighted by Crippen LogP contribution is -2.50. The van der Waals surface area contributed by atoms with Gasteiger partial charge in [-0.3, -0.25) is 9.78 Å². The number of para-hydroxylation sites is 1. The molecule has 0 aliphatic rings. The van der Waals surface area contributed by atoms with Crippen molar-refractivity contribution in [1.29, 1.82) is 0 Å². The molecular weight excluding hydrogens is 372 g/mol. The fourth-order valence-electron chi connectivity index (χ4n) is 3.19. The minimum atomic E-state index is -4.48. The fourth-order valence-corrected chi connectivity index (χ4v) is 3.19. The van der Waals surface area contributed by atoms with E-state index in [1.807, 2.05) is 0 Å². The van der Waals surface area contributed by atoms with Gasteiger partial charge in [-0.05, 0) is 43.2 Å². The highest BCUT2D eigenvalue weighted by Crippen LogP contribution is 2.30. The number of hydrogen-bond acceptors (Lipinski definition) is 2. The van der Waals surface area contributed by atoms with E-state index < -0.39 is 29.9 Å². The van der Waals surface area contributed by atoms with Gasteiger partial charge < -0.3 is 5.32 Å². The van der Waals surface area contributed by atoms with Crippen LogP contribution in [0.25, 0.3) is 10.9 Å². The zero-order chi connectivity index (χ0) is 20.4. The van der Waals surface area contributed by atoms with Gasteiger partial charge in [-0.1, -0.05) is 30.3 Å². The van der Waals surface area contributed by atoms with Gasteiger partial charge >= 0.3 is 6.18 Å². The molecule has 146 valence electrons. The maximum atomic E-state index is 13.2. The van der Waals surface area contributed by atoms with E-state index in [4.69, 9.17) is 0 Å². The molecule has 2 aromatic carbocycles. The first-order valence-electron chi connectivity index (χ1n) is 8.62. The van der Waals surface area contributed by atoms with Crippen molar-refractivity contribution in [3.8, 4) is 0 Å². The predicted molar refractivity (Wildman–Crippen MR) is 98.4 cm³/mol. The van der Waals surface area contributed by atoms with Gasteiger partial charge in [-0.15, -0.1) is 0 Å². The molecule has 0 radical (unpaired) electrons. The maximum Gasteiger partial charge on any atom is 0.391 e. The van der Waals surface area contributed by atoms with Gasteiger partial charge in [0.2, 0.25) is 0 Å². The number of pyridine rings is 1. The zero-order valence-electron chi connectivity index (χ0n) is 15.1.